The maximum absolute atomic E-state index is 3.35. The van der Waals surface area contributed by atoms with Crippen LogP contribution in [0.4, 0.5) is 0 Å². The van der Waals surface area contributed by atoms with E-state index in [1.165, 1.54) is 58.4 Å². The van der Waals surface area contributed by atoms with Gasteiger partial charge in [-0.15, -0.1) is 0 Å². The van der Waals surface area contributed by atoms with Crippen LogP contribution in [0.1, 0.15) is 32.6 Å². The Morgan fingerprint density at radius 1 is 1.21 bits per heavy atom. The fraction of sp³-hybridized carbons (Fsp3) is 1.00. The fourth-order valence-electron chi connectivity index (χ4n) is 2.34. The molecule has 1 saturated heterocycles. The second-order valence-electron chi connectivity index (χ2n) is 5.00. The molecule has 1 heterocycles. The summed E-state index contributed by atoms with van der Waals surface area (Å²) in [6.07, 6.45) is 5.87. The van der Waals surface area contributed by atoms with Gasteiger partial charge in [0.25, 0.3) is 0 Å². The summed E-state index contributed by atoms with van der Waals surface area (Å²) in [6.45, 7) is 8.78. The van der Waals surface area contributed by atoms with E-state index in [0.29, 0.717) is 0 Å². The zero-order valence-corrected chi connectivity index (χ0v) is 9.47. The third-order valence-electron chi connectivity index (χ3n) is 3.91. The third kappa shape index (κ3) is 2.71. The topological polar surface area (TPSA) is 15.3 Å². The first-order valence-electron chi connectivity index (χ1n) is 6.31. The Balaban J connectivity index is 1.58. The van der Waals surface area contributed by atoms with Crippen LogP contribution in [0.2, 0.25) is 0 Å². The zero-order chi connectivity index (χ0) is 9.80. The molecule has 2 fully saturated rings. The summed E-state index contributed by atoms with van der Waals surface area (Å²) in [5.74, 6) is 2.01. The Labute approximate surface area is 88.1 Å². The van der Waals surface area contributed by atoms with E-state index in [1.54, 1.807) is 0 Å². The van der Waals surface area contributed by atoms with E-state index in [2.05, 4.69) is 17.1 Å². The number of nitrogens with zero attached hydrogens (tertiary/aromatic N) is 1. The van der Waals surface area contributed by atoms with Crippen molar-refractivity contribution in [2.75, 3.05) is 32.7 Å². The average molecular weight is 196 g/mol. The fourth-order valence-corrected chi connectivity index (χ4v) is 2.34. The molecule has 1 N–H and O–H groups in total. The molecule has 14 heavy (non-hydrogen) atoms. The highest BCUT2D eigenvalue weighted by molar-refractivity contribution is 4.77. The van der Waals surface area contributed by atoms with Gasteiger partial charge in [0.1, 0.15) is 0 Å². The second kappa shape index (κ2) is 5.13. The van der Waals surface area contributed by atoms with Crippen molar-refractivity contribution in [2.45, 2.75) is 32.6 Å². The van der Waals surface area contributed by atoms with Crippen LogP contribution in [0.5, 0.6) is 0 Å². The minimum atomic E-state index is 0.977. The molecular weight excluding hydrogens is 172 g/mol. The lowest BCUT2D eigenvalue weighted by atomic mass is 9.85. The molecule has 1 saturated carbocycles. The van der Waals surface area contributed by atoms with E-state index >= 15 is 0 Å². The number of hydrogen-bond acceptors (Lipinski definition) is 2. The van der Waals surface area contributed by atoms with Crippen LogP contribution in [-0.2, 0) is 0 Å². The van der Waals surface area contributed by atoms with E-state index in [1.807, 2.05) is 0 Å². The van der Waals surface area contributed by atoms with Crippen molar-refractivity contribution in [1.82, 2.24) is 10.2 Å². The highest BCUT2D eigenvalue weighted by atomic mass is 15.1. The molecule has 2 rings (SSSR count). The monoisotopic (exact) mass is 196 g/mol. The lowest BCUT2D eigenvalue weighted by molar-refractivity contribution is 0.167. The molecule has 0 spiro atoms. The first-order chi connectivity index (χ1) is 6.88. The van der Waals surface area contributed by atoms with Gasteiger partial charge in [0.2, 0.25) is 0 Å². The van der Waals surface area contributed by atoms with Crippen molar-refractivity contribution in [1.29, 1.82) is 0 Å². The van der Waals surface area contributed by atoms with E-state index in [-0.39, 0.29) is 0 Å². The average Bonchev–Trinajstić information content (AvgIpc) is 2.04. The van der Waals surface area contributed by atoms with Gasteiger partial charge in [0, 0.05) is 6.54 Å². The summed E-state index contributed by atoms with van der Waals surface area (Å²) < 4.78 is 0. The Morgan fingerprint density at radius 3 is 2.43 bits per heavy atom. The van der Waals surface area contributed by atoms with Crippen LogP contribution in [0.15, 0.2) is 0 Å². The first-order valence-corrected chi connectivity index (χ1v) is 6.31. The molecule has 0 aromatic rings. The molecule has 2 heteroatoms. The van der Waals surface area contributed by atoms with Crippen molar-refractivity contribution in [3.63, 3.8) is 0 Å². The summed E-state index contributed by atoms with van der Waals surface area (Å²) in [5, 5.41) is 3.35. The molecule has 0 unspecified atom stereocenters. The Kier molecular flexibility index (Phi) is 3.82. The van der Waals surface area contributed by atoms with Gasteiger partial charge in [-0.3, -0.25) is 0 Å². The van der Waals surface area contributed by atoms with Gasteiger partial charge in [-0.25, -0.2) is 0 Å². The molecule has 2 nitrogen and oxygen atoms in total. The van der Waals surface area contributed by atoms with Crippen LogP contribution >= 0.6 is 0 Å². The van der Waals surface area contributed by atoms with Crippen LogP contribution in [-0.4, -0.2) is 37.6 Å². The van der Waals surface area contributed by atoms with Gasteiger partial charge in [-0.2, -0.15) is 0 Å². The summed E-state index contributed by atoms with van der Waals surface area (Å²) in [7, 11) is 0. The van der Waals surface area contributed by atoms with Gasteiger partial charge in [-0.1, -0.05) is 13.3 Å². The number of hydrogen-bond donors (Lipinski definition) is 1. The van der Waals surface area contributed by atoms with Crippen molar-refractivity contribution in [2.24, 2.45) is 11.8 Å². The van der Waals surface area contributed by atoms with E-state index in [4.69, 9.17) is 0 Å². The molecule has 0 aromatic heterocycles. The second-order valence-corrected chi connectivity index (χ2v) is 5.00. The molecule has 0 radical (unpaired) electrons. The predicted octanol–water partition coefficient (Wildman–Crippen LogP) is 1.72. The summed E-state index contributed by atoms with van der Waals surface area (Å²) in [5.41, 5.74) is 0. The maximum atomic E-state index is 3.35. The summed E-state index contributed by atoms with van der Waals surface area (Å²) in [6, 6.07) is 0. The Morgan fingerprint density at radius 2 is 2.00 bits per heavy atom. The smallest absolute Gasteiger partial charge is 0.000954 e. The van der Waals surface area contributed by atoms with E-state index in [0.717, 1.165) is 11.8 Å². The molecule has 0 bridgehead atoms. The minimum Gasteiger partial charge on any atom is -0.316 e. The lowest BCUT2D eigenvalue weighted by Gasteiger charge is -2.34. The summed E-state index contributed by atoms with van der Waals surface area (Å²) in [4.78, 5) is 2.65. The quantitative estimate of drug-likeness (QED) is 0.696. The molecule has 82 valence electrons. The molecule has 2 aliphatic rings. The Bertz CT molecular complexity index is 162. The molecule has 0 amide bonds. The lowest BCUT2D eigenvalue weighted by Crippen LogP contribution is -2.44. The first kappa shape index (κ1) is 10.4. The van der Waals surface area contributed by atoms with E-state index in [9.17, 15) is 0 Å². The van der Waals surface area contributed by atoms with Gasteiger partial charge < -0.3 is 10.2 Å². The van der Waals surface area contributed by atoms with Crippen molar-refractivity contribution < 1.29 is 0 Å². The van der Waals surface area contributed by atoms with Gasteiger partial charge >= 0.3 is 0 Å². The molecule has 0 atom stereocenters. The van der Waals surface area contributed by atoms with Crippen molar-refractivity contribution in [3.8, 4) is 0 Å². The highest BCUT2D eigenvalue weighted by Gasteiger charge is 2.21. The number of nitrogens with one attached hydrogen (secondary N) is 1. The van der Waals surface area contributed by atoms with Gasteiger partial charge in [0.15, 0.2) is 0 Å². The van der Waals surface area contributed by atoms with Gasteiger partial charge in [-0.05, 0) is 57.3 Å². The predicted molar refractivity (Wildman–Crippen MR) is 60.4 cm³/mol. The number of rotatable bonds is 6. The molecular formula is C12H24N2. The Hall–Kier alpha value is -0.0800. The standard InChI is InChI=1S/C12H24N2/c1-2-14(10-11-4-3-5-11)7-6-12-8-13-9-12/h11-13H,2-10H2,1H3. The van der Waals surface area contributed by atoms with Crippen LogP contribution < -0.4 is 5.32 Å². The molecule has 1 aliphatic carbocycles. The molecule has 1 aliphatic heterocycles. The van der Waals surface area contributed by atoms with Crippen molar-refractivity contribution >= 4 is 0 Å². The van der Waals surface area contributed by atoms with Crippen LogP contribution in [0, 0.1) is 11.8 Å². The normalized spacial score (nSPS) is 23.6. The van der Waals surface area contributed by atoms with Gasteiger partial charge in [0.05, 0.1) is 0 Å². The SMILES string of the molecule is CCN(CCC1CNC1)CC1CCC1. The largest absolute Gasteiger partial charge is 0.316 e. The zero-order valence-electron chi connectivity index (χ0n) is 9.47. The minimum absolute atomic E-state index is 0.977. The highest BCUT2D eigenvalue weighted by Crippen LogP contribution is 2.27. The third-order valence-corrected chi connectivity index (χ3v) is 3.91. The maximum Gasteiger partial charge on any atom is 0.000954 e. The van der Waals surface area contributed by atoms with Crippen molar-refractivity contribution in [3.05, 3.63) is 0 Å². The van der Waals surface area contributed by atoms with E-state index < -0.39 is 0 Å². The summed E-state index contributed by atoms with van der Waals surface area (Å²) >= 11 is 0. The van der Waals surface area contributed by atoms with Crippen LogP contribution in [0.25, 0.3) is 0 Å². The van der Waals surface area contributed by atoms with Crippen LogP contribution in [0.3, 0.4) is 0 Å². The molecule has 0 aromatic carbocycles.